The summed E-state index contributed by atoms with van der Waals surface area (Å²) in [6.07, 6.45) is 0. The van der Waals surface area contributed by atoms with Crippen molar-refractivity contribution in [3.63, 3.8) is 0 Å². The van der Waals surface area contributed by atoms with Crippen LogP contribution in [0.4, 0.5) is 0 Å². The standard InChI is InChI=1S/C18H21NO5S/c1-3-22-15-5-7-16(8-6-15)25(20,21)19-13(2)14-4-9-17-18(12-14)24-11-10-23-17/h4-9,12-13,19H,3,10-11H2,1-2H3/t13-/m1/s1. The van der Waals surface area contributed by atoms with E-state index in [2.05, 4.69) is 4.72 Å². The van der Waals surface area contributed by atoms with Gasteiger partial charge in [-0.2, -0.15) is 0 Å². The minimum absolute atomic E-state index is 0.195. The molecule has 0 amide bonds. The predicted octanol–water partition coefficient (Wildman–Crippen LogP) is 2.90. The minimum atomic E-state index is -3.64. The van der Waals surface area contributed by atoms with E-state index in [0.29, 0.717) is 37.1 Å². The predicted molar refractivity (Wildman–Crippen MR) is 93.8 cm³/mol. The molecule has 0 aromatic heterocycles. The molecule has 1 atom stereocenters. The molecule has 25 heavy (non-hydrogen) atoms. The molecule has 1 heterocycles. The van der Waals surface area contributed by atoms with Gasteiger partial charge in [-0.15, -0.1) is 0 Å². The largest absolute Gasteiger partial charge is 0.494 e. The Bertz CT molecular complexity index is 833. The van der Waals surface area contributed by atoms with Gasteiger partial charge < -0.3 is 14.2 Å². The molecule has 7 heteroatoms. The van der Waals surface area contributed by atoms with Gasteiger partial charge in [0.25, 0.3) is 0 Å². The third-order valence-corrected chi connectivity index (χ3v) is 5.40. The maximum Gasteiger partial charge on any atom is 0.241 e. The normalized spacial score (nSPS) is 14.8. The van der Waals surface area contributed by atoms with Gasteiger partial charge in [0.05, 0.1) is 11.5 Å². The number of sulfonamides is 1. The lowest BCUT2D eigenvalue weighted by Gasteiger charge is -2.21. The molecule has 0 fully saturated rings. The molecule has 0 saturated carbocycles. The van der Waals surface area contributed by atoms with Crippen LogP contribution < -0.4 is 18.9 Å². The van der Waals surface area contributed by atoms with Gasteiger partial charge in [0.15, 0.2) is 11.5 Å². The highest BCUT2D eigenvalue weighted by molar-refractivity contribution is 7.89. The minimum Gasteiger partial charge on any atom is -0.494 e. The van der Waals surface area contributed by atoms with E-state index in [9.17, 15) is 8.42 Å². The van der Waals surface area contributed by atoms with E-state index in [1.54, 1.807) is 31.2 Å². The summed E-state index contributed by atoms with van der Waals surface area (Å²) in [5.74, 6) is 1.95. The lowest BCUT2D eigenvalue weighted by Crippen LogP contribution is -2.27. The summed E-state index contributed by atoms with van der Waals surface area (Å²) in [7, 11) is -3.64. The molecule has 0 bridgehead atoms. The molecular weight excluding hydrogens is 342 g/mol. The van der Waals surface area contributed by atoms with Gasteiger partial charge in [0, 0.05) is 6.04 Å². The molecule has 0 aliphatic carbocycles. The second-order valence-electron chi connectivity index (χ2n) is 5.65. The summed E-state index contributed by atoms with van der Waals surface area (Å²) < 4.78 is 44.2. The van der Waals surface area contributed by atoms with E-state index in [1.165, 1.54) is 12.1 Å². The fourth-order valence-electron chi connectivity index (χ4n) is 2.58. The van der Waals surface area contributed by atoms with Crippen molar-refractivity contribution < 1.29 is 22.6 Å². The highest BCUT2D eigenvalue weighted by Gasteiger charge is 2.20. The van der Waals surface area contributed by atoms with Crippen LogP contribution in [0, 0.1) is 0 Å². The summed E-state index contributed by atoms with van der Waals surface area (Å²) in [6, 6.07) is 11.4. The number of hydrogen-bond donors (Lipinski definition) is 1. The first-order chi connectivity index (χ1) is 12.0. The van der Waals surface area contributed by atoms with Crippen molar-refractivity contribution in [2.24, 2.45) is 0 Å². The molecule has 0 spiro atoms. The van der Waals surface area contributed by atoms with Crippen molar-refractivity contribution in [1.82, 2.24) is 4.72 Å². The van der Waals surface area contributed by atoms with E-state index >= 15 is 0 Å². The van der Waals surface area contributed by atoms with Crippen molar-refractivity contribution in [3.05, 3.63) is 48.0 Å². The van der Waals surface area contributed by atoms with Crippen molar-refractivity contribution >= 4 is 10.0 Å². The van der Waals surface area contributed by atoms with Crippen LogP contribution in [0.3, 0.4) is 0 Å². The van der Waals surface area contributed by atoms with Crippen molar-refractivity contribution in [1.29, 1.82) is 0 Å². The fraction of sp³-hybridized carbons (Fsp3) is 0.333. The van der Waals surface area contributed by atoms with Gasteiger partial charge in [-0.05, 0) is 55.8 Å². The van der Waals surface area contributed by atoms with Crippen LogP contribution in [0.2, 0.25) is 0 Å². The molecule has 6 nitrogen and oxygen atoms in total. The van der Waals surface area contributed by atoms with Crippen LogP contribution in [0.25, 0.3) is 0 Å². The SMILES string of the molecule is CCOc1ccc(S(=O)(=O)N[C@H](C)c2ccc3c(c2)OCCO3)cc1. The molecular formula is C18H21NO5S. The van der Waals surface area contributed by atoms with Crippen molar-refractivity contribution in [2.45, 2.75) is 24.8 Å². The monoisotopic (exact) mass is 363 g/mol. The third-order valence-electron chi connectivity index (χ3n) is 3.84. The summed E-state index contributed by atoms with van der Waals surface area (Å²) in [5, 5.41) is 0. The average Bonchev–Trinajstić information content (AvgIpc) is 2.61. The zero-order chi connectivity index (χ0) is 17.9. The van der Waals surface area contributed by atoms with Gasteiger partial charge in [-0.1, -0.05) is 6.07 Å². The zero-order valence-electron chi connectivity index (χ0n) is 14.2. The number of rotatable bonds is 6. The Labute approximate surface area is 147 Å². The summed E-state index contributed by atoms with van der Waals surface area (Å²) in [4.78, 5) is 0.195. The Hall–Kier alpha value is -2.25. The second-order valence-corrected chi connectivity index (χ2v) is 7.36. The smallest absolute Gasteiger partial charge is 0.241 e. The number of hydrogen-bond acceptors (Lipinski definition) is 5. The Morgan fingerprint density at radius 3 is 2.44 bits per heavy atom. The van der Waals surface area contributed by atoms with Crippen LogP contribution in [-0.4, -0.2) is 28.2 Å². The molecule has 0 unspecified atom stereocenters. The van der Waals surface area contributed by atoms with Gasteiger partial charge in [0.1, 0.15) is 19.0 Å². The number of fused-ring (bicyclic) bond motifs is 1. The van der Waals surface area contributed by atoms with Crippen LogP contribution in [-0.2, 0) is 10.0 Å². The lowest BCUT2D eigenvalue weighted by atomic mass is 10.1. The molecule has 2 aromatic carbocycles. The van der Waals surface area contributed by atoms with E-state index in [4.69, 9.17) is 14.2 Å². The number of benzene rings is 2. The molecule has 2 aromatic rings. The molecule has 1 N–H and O–H groups in total. The first kappa shape index (κ1) is 17.6. The molecule has 1 aliphatic rings. The first-order valence-electron chi connectivity index (χ1n) is 8.14. The van der Waals surface area contributed by atoms with Crippen LogP contribution in [0.5, 0.6) is 17.2 Å². The lowest BCUT2D eigenvalue weighted by molar-refractivity contribution is 0.171. The van der Waals surface area contributed by atoms with E-state index in [0.717, 1.165) is 5.56 Å². The summed E-state index contributed by atoms with van der Waals surface area (Å²) in [6.45, 7) is 5.21. The van der Waals surface area contributed by atoms with E-state index in [1.807, 2.05) is 13.0 Å². The van der Waals surface area contributed by atoms with Crippen LogP contribution in [0.15, 0.2) is 47.4 Å². The summed E-state index contributed by atoms with van der Waals surface area (Å²) >= 11 is 0. The number of nitrogens with one attached hydrogen (secondary N) is 1. The quantitative estimate of drug-likeness (QED) is 0.854. The molecule has 0 radical (unpaired) electrons. The highest BCUT2D eigenvalue weighted by Crippen LogP contribution is 2.33. The summed E-state index contributed by atoms with van der Waals surface area (Å²) in [5.41, 5.74) is 0.804. The average molecular weight is 363 g/mol. The molecule has 134 valence electrons. The van der Waals surface area contributed by atoms with Gasteiger partial charge in [0.2, 0.25) is 10.0 Å². The van der Waals surface area contributed by atoms with E-state index in [-0.39, 0.29) is 4.90 Å². The Balaban J connectivity index is 1.75. The van der Waals surface area contributed by atoms with Crippen LogP contribution >= 0.6 is 0 Å². The van der Waals surface area contributed by atoms with E-state index < -0.39 is 16.1 Å². The van der Waals surface area contributed by atoms with Gasteiger partial charge >= 0.3 is 0 Å². The Kier molecular flexibility index (Phi) is 5.15. The Morgan fingerprint density at radius 1 is 1.08 bits per heavy atom. The number of ether oxygens (including phenoxy) is 3. The molecule has 0 saturated heterocycles. The fourth-order valence-corrected chi connectivity index (χ4v) is 3.81. The first-order valence-corrected chi connectivity index (χ1v) is 9.62. The maximum absolute atomic E-state index is 12.6. The highest BCUT2D eigenvalue weighted by atomic mass is 32.2. The van der Waals surface area contributed by atoms with Crippen LogP contribution in [0.1, 0.15) is 25.5 Å². The van der Waals surface area contributed by atoms with Crippen molar-refractivity contribution in [2.75, 3.05) is 19.8 Å². The maximum atomic E-state index is 12.6. The molecule has 3 rings (SSSR count). The third kappa shape index (κ3) is 4.05. The second kappa shape index (κ2) is 7.33. The molecule has 1 aliphatic heterocycles. The van der Waals surface area contributed by atoms with Gasteiger partial charge in [-0.25, -0.2) is 13.1 Å². The zero-order valence-corrected chi connectivity index (χ0v) is 15.0. The van der Waals surface area contributed by atoms with Gasteiger partial charge in [-0.3, -0.25) is 0 Å². The van der Waals surface area contributed by atoms with Crippen molar-refractivity contribution in [3.8, 4) is 17.2 Å². The Morgan fingerprint density at radius 2 is 1.76 bits per heavy atom. The topological polar surface area (TPSA) is 73.9 Å².